The number of rotatable bonds is 3. The van der Waals surface area contributed by atoms with Crippen LogP contribution in [0.25, 0.3) is 0 Å². The monoisotopic (exact) mass is 282 g/mol. The van der Waals surface area contributed by atoms with Crippen LogP contribution < -0.4 is 10.5 Å². The zero-order valence-electron chi connectivity index (χ0n) is 10.0. The van der Waals surface area contributed by atoms with Crippen molar-refractivity contribution in [2.45, 2.75) is 6.36 Å². The third kappa shape index (κ3) is 3.25. The van der Waals surface area contributed by atoms with E-state index >= 15 is 0 Å². The number of alkyl halides is 3. The lowest BCUT2D eigenvalue weighted by molar-refractivity contribution is -0.274. The smallest absolute Gasteiger partial charge is 0.405 e. The van der Waals surface area contributed by atoms with E-state index in [9.17, 15) is 18.0 Å². The van der Waals surface area contributed by atoms with Crippen LogP contribution >= 0.6 is 0 Å². The Labute approximate surface area is 112 Å². The molecule has 2 aromatic rings. The molecule has 0 saturated carbocycles. The van der Waals surface area contributed by atoms with Gasteiger partial charge in [-0.1, -0.05) is 0 Å². The molecule has 0 bridgehead atoms. The number of anilines is 1. The summed E-state index contributed by atoms with van der Waals surface area (Å²) in [5.74, 6) is -1.26. The third-order valence-electron chi connectivity index (χ3n) is 2.40. The summed E-state index contributed by atoms with van der Waals surface area (Å²) in [6.45, 7) is 0. The van der Waals surface area contributed by atoms with Gasteiger partial charge in [0.15, 0.2) is 5.78 Å². The van der Waals surface area contributed by atoms with Crippen molar-refractivity contribution >= 4 is 11.5 Å². The first-order valence-corrected chi connectivity index (χ1v) is 5.47. The SMILES string of the molecule is Nc1ccc(C(=O)c2cccnc2)c(OC(F)(F)F)c1. The first-order chi connectivity index (χ1) is 9.37. The number of nitrogen functional groups attached to an aromatic ring is 1. The standard InChI is InChI=1S/C13H9F3N2O2/c14-13(15,16)20-11-6-9(17)3-4-10(11)12(19)8-2-1-5-18-7-8/h1-7H,17H2. The van der Waals surface area contributed by atoms with Crippen LogP contribution in [-0.2, 0) is 0 Å². The van der Waals surface area contributed by atoms with Gasteiger partial charge < -0.3 is 10.5 Å². The Kier molecular flexibility index (Phi) is 3.60. The molecule has 2 N–H and O–H groups in total. The lowest BCUT2D eigenvalue weighted by atomic mass is 10.0. The molecule has 1 heterocycles. The normalized spacial score (nSPS) is 11.2. The van der Waals surface area contributed by atoms with Crippen LogP contribution in [0.5, 0.6) is 5.75 Å². The van der Waals surface area contributed by atoms with Crippen LogP contribution in [0.3, 0.4) is 0 Å². The maximum absolute atomic E-state index is 12.3. The summed E-state index contributed by atoms with van der Waals surface area (Å²) in [4.78, 5) is 15.9. The van der Waals surface area contributed by atoms with Crippen LogP contribution in [-0.4, -0.2) is 17.1 Å². The number of aromatic nitrogens is 1. The topological polar surface area (TPSA) is 65.2 Å². The molecule has 0 atom stereocenters. The van der Waals surface area contributed by atoms with Crippen molar-refractivity contribution in [2.24, 2.45) is 0 Å². The number of hydrogen-bond acceptors (Lipinski definition) is 4. The van der Waals surface area contributed by atoms with E-state index in [-0.39, 0.29) is 16.8 Å². The number of carbonyl (C=O) groups excluding carboxylic acids is 1. The van der Waals surface area contributed by atoms with Gasteiger partial charge >= 0.3 is 6.36 Å². The highest BCUT2D eigenvalue weighted by molar-refractivity contribution is 6.10. The van der Waals surface area contributed by atoms with Gasteiger partial charge in [0.05, 0.1) is 5.56 Å². The highest BCUT2D eigenvalue weighted by Crippen LogP contribution is 2.29. The van der Waals surface area contributed by atoms with E-state index in [4.69, 9.17) is 5.73 Å². The second-order valence-corrected chi connectivity index (χ2v) is 3.87. The summed E-state index contributed by atoms with van der Waals surface area (Å²) >= 11 is 0. The van der Waals surface area contributed by atoms with Crippen molar-refractivity contribution in [3.05, 3.63) is 53.9 Å². The van der Waals surface area contributed by atoms with Crippen molar-refractivity contribution in [2.75, 3.05) is 5.73 Å². The molecule has 0 aliphatic heterocycles. The predicted octanol–water partition coefficient (Wildman–Crippen LogP) is 2.79. The number of benzene rings is 1. The van der Waals surface area contributed by atoms with Crippen molar-refractivity contribution < 1.29 is 22.7 Å². The molecule has 1 aromatic carbocycles. The van der Waals surface area contributed by atoms with E-state index < -0.39 is 17.9 Å². The number of nitrogens with zero attached hydrogens (tertiary/aromatic N) is 1. The average molecular weight is 282 g/mol. The highest BCUT2D eigenvalue weighted by atomic mass is 19.4. The molecular formula is C13H9F3N2O2. The van der Waals surface area contributed by atoms with Gasteiger partial charge in [-0.3, -0.25) is 9.78 Å². The Morgan fingerprint density at radius 2 is 2.00 bits per heavy atom. The molecule has 104 valence electrons. The number of halogens is 3. The molecule has 0 fully saturated rings. The Balaban J connectivity index is 2.43. The fraction of sp³-hybridized carbons (Fsp3) is 0.0769. The van der Waals surface area contributed by atoms with E-state index in [0.717, 1.165) is 6.07 Å². The minimum Gasteiger partial charge on any atom is -0.405 e. The zero-order valence-corrected chi connectivity index (χ0v) is 10.0. The average Bonchev–Trinajstić information content (AvgIpc) is 2.37. The molecule has 0 radical (unpaired) electrons. The first-order valence-electron chi connectivity index (χ1n) is 5.47. The second kappa shape index (κ2) is 5.20. The van der Waals surface area contributed by atoms with Crippen molar-refractivity contribution in [1.82, 2.24) is 4.98 Å². The Bertz CT molecular complexity index is 627. The predicted molar refractivity (Wildman–Crippen MR) is 65.2 cm³/mol. The van der Waals surface area contributed by atoms with Gasteiger partial charge in [-0.05, 0) is 24.3 Å². The van der Waals surface area contributed by atoms with Gasteiger partial charge in [0.2, 0.25) is 0 Å². The van der Waals surface area contributed by atoms with Crippen LogP contribution in [0.2, 0.25) is 0 Å². The lowest BCUT2D eigenvalue weighted by Gasteiger charge is -2.13. The van der Waals surface area contributed by atoms with Crippen LogP contribution in [0.4, 0.5) is 18.9 Å². The zero-order chi connectivity index (χ0) is 14.8. The van der Waals surface area contributed by atoms with Crippen molar-refractivity contribution in [3.63, 3.8) is 0 Å². The summed E-state index contributed by atoms with van der Waals surface area (Å²) in [6, 6.07) is 6.42. The number of ketones is 1. The number of pyridine rings is 1. The number of carbonyl (C=O) groups is 1. The summed E-state index contributed by atoms with van der Waals surface area (Å²) in [5, 5.41) is 0. The molecule has 4 nitrogen and oxygen atoms in total. The summed E-state index contributed by atoms with van der Waals surface area (Å²) in [5.41, 5.74) is 5.40. The molecule has 0 amide bonds. The van der Waals surface area contributed by atoms with E-state index in [1.54, 1.807) is 0 Å². The highest BCUT2D eigenvalue weighted by Gasteiger charge is 2.33. The number of ether oxygens (including phenoxy) is 1. The van der Waals surface area contributed by atoms with Crippen molar-refractivity contribution in [3.8, 4) is 5.75 Å². The van der Waals surface area contributed by atoms with Gasteiger partial charge in [-0.15, -0.1) is 13.2 Å². The maximum atomic E-state index is 12.3. The minimum absolute atomic E-state index is 0.0620. The molecule has 0 unspecified atom stereocenters. The largest absolute Gasteiger partial charge is 0.573 e. The fourth-order valence-corrected chi connectivity index (χ4v) is 1.59. The van der Waals surface area contributed by atoms with E-state index in [1.165, 1.54) is 36.7 Å². The second-order valence-electron chi connectivity index (χ2n) is 3.87. The van der Waals surface area contributed by atoms with E-state index in [1.807, 2.05) is 0 Å². The molecule has 2 rings (SSSR count). The molecule has 0 spiro atoms. The molecule has 0 saturated heterocycles. The van der Waals surface area contributed by atoms with Crippen molar-refractivity contribution in [1.29, 1.82) is 0 Å². The Hall–Kier alpha value is -2.57. The van der Waals surface area contributed by atoms with E-state index in [2.05, 4.69) is 9.72 Å². The minimum atomic E-state index is -4.90. The molecule has 7 heteroatoms. The van der Waals surface area contributed by atoms with Crippen LogP contribution in [0.1, 0.15) is 15.9 Å². The number of nitrogens with two attached hydrogens (primary N) is 1. The molecule has 20 heavy (non-hydrogen) atoms. The summed E-state index contributed by atoms with van der Waals surface area (Å²) in [7, 11) is 0. The molecule has 0 aliphatic carbocycles. The fourth-order valence-electron chi connectivity index (χ4n) is 1.59. The molecular weight excluding hydrogens is 273 g/mol. The first kappa shape index (κ1) is 13.9. The van der Waals surface area contributed by atoms with Gasteiger partial charge in [0.1, 0.15) is 5.75 Å². The molecule has 0 aliphatic rings. The van der Waals surface area contributed by atoms with E-state index in [0.29, 0.717) is 0 Å². The summed E-state index contributed by atoms with van der Waals surface area (Å²) in [6.07, 6.45) is -2.19. The Morgan fingerprint density at radius 3 is 2.60 bits per heavy atom. The number of hydrogen-bond donors (Lipinski definition) is 1. The lowest BCUT2D eigenvalue weighted by Crippen LogP contribution is -2.19. The maximum Gasteiger partial charge on any atom is 0.573 e. The van der Waals surface area contributed by atoms with Gasteiger partial charge in [-0.25, -0.2) is 0 Å². The molecule has 1 aromatic heterocycles. The third-order valence-corrected chi connectivity index (χ3v) is 2.40. The van der Waals surface area contributed by atoms with Gasteiger partial charge in [-0.2, -0.15) is 0 Å². The van der Waals surface area contributed by atoms with Gasteiger partial charge in [0, 0.05) is 29.7 Å². The quantitative estimate of drug-likeness (QED) is 0.694. The van der Waals surface area contributed by atoms with Crippen LogP contribution in [0.15, 0.2) is 42.7 Å². The Morgan fingerprint density at radius 1 is 1.25 bits per heavy atom. The van der Waals surface area contributed by atoms with Crippen LogP contribution in [0, 0.1) is 0 Å². The summed E-state index contributed by atoms with van der Waals surface area (Å²) < 4.78 is 40.8. The van der Waals surface area contributed by atoms with Gasteiger partial charge in [0.25, 0.3) is 0 Å².